The SMILES string of the molecule is CC(C)(O)CNC1CCCc2sc(I)cc21. The quantitative estimate of drug-likeness (QED) is 0.821. The lowest BCUT2D eigenvalue weighted by Crippen LogP contribution is -2.37. The van der Waals surface area contributed by atoms with E-state index in [9.17, 15) is 5.11 Å². The minimum atomic E-state index is -0.624. The third kappa shape index (κ3) is 3.18. The van der Waals surface area contributed by atoms with Crippen LogP contribution in [0.2, 0.25) is 0 Å². The smallest absolute Gasteiger partial charge is 0.0715 e. The predicted octanol–water partition coefficient (Wildman–Crippen LogP) is 3.09. The molecular formula is C12H18INOS. The van der Waals surface area contributed by atoms with Crippen LogP contribution in [0.25, 0.3) is 0 Å². The molecule has 1 aliphatic carbocycles. The van der Waals surface area contributed by atoms with Gasteiger partial charge in [-0.05, 0) is 67.3 Å². The Labute approximate surface area is 115 Å². The van der Waals surface area contributed by atoms with E-state index in [-0.39, 0.29) is 0 Å². The van der Waals surface area contributed by atoms with Gasteiger partial charge in [-0.1, -0.05) is 0 Å². The lowest BCUT2D eigenvalue weighted by Gasteiger charge is -2.27. The van der Waals surface area contributed by atoms with Gasteiger partial charge in [-0.2, -0.15) is 0 Å². The maximum atomic E-state index is 9.74. The second kappa shape index (κ2) is 4.92. The predicted molar refractivity (Wildman–Crippen MR) is 77.0 cm³/mol. The van der Waals surface area contributed by atoms with Gasteiger partial charge in [0.05, 0.1) is 8.48 Å². The fourth-order valence-electron chi connectivity index (χ4n) is 2.11. The van der Waals surface area contributed by atoms with Gasteiger partial charge in [0, 0.05) is 17.5 Å². The molecule has 2 nitrogen and oxygen atoms in total. The molecule has 0 saturated heterocycles. The topological polar surface area (TPSA) is 32.3 Å². The van der Waals surface area contributed by atoms with Crippen LogP contribution in [0.4, 0.5) is 0 Å². The van der Waals surface area contributed by atoms with Gasteiger partial charge in [-0.15, -0.1) is 11.3 Å². The van der Waals surface area contributed by atoms with E-state index in [0.29, 0.717) is 12.6 Å². The first kappa shape index (κ1) is 12.8. The van der Waals surface area contributed by atoms with Gasteiger partial charge in [0.1, 0.15) is 0 Å². The second-order valence-corrected chi connectivity index (χ2v) is 8.10. The van der Waals surface area contributed by atoms with E-state index in [0.717, 1.165) is 0 Å². The summed E-state index contributed by atoms with van der Waals surface area (Å²) >= 11 is 4.31. The van der Waals surface area contributed by atoms with E-state index in [1.54, 1.807) is 0 Å². The lowest BCUT2D eigenvalue weighted by atomic mass is 9.93. The molecular weight excluding hydrogens is 333 g/mol. The van der Waals surface area contributed by atoms with E-state index in [2.05, 4.69) is 34.0 Å². The second-order valence-electron chi connectivity index (χ2n) is 5.07. The molecule has 2 rings (SSSR count). The number of nitrogens with one attached hydrogen (secondary N) is 1. The Morgan fingerprint density at radius 2 is 2.38 bits per heavy atom. The van der Waals surface area contributed by atoms with Crippen LogP contribution < -0.4 is 5.32 Å². The zero-order valence-electron chi connectivity index (χ0n) is 9.72. The molecule has 16 heavy (non-hydrogen) atoms. The van der Waals surface area contributed by atoms with Gasteiger partial charge in [0.25, 0.3) is 0 Å². The molecule has 1 aliphatic rings. The van der Waals surface area contributed by atoms with E-state index in [4.69, 9.17) is 0 Å². The Kier molecular flexibility index (Phi) is 3.93. The van der Waals surface area contributed by atoms with E-state index < -0.39 is 5.60 Å². The molecule has 90 valence electrons. The van der Waals surface area contributed by atoms with Crippen molar-refractivity contribution in [3.8, 4) is 0 Å². The molecule has 1 aromatic heterocycles. The summed E-state index contributed by atoms with van der Waals surface area (Å²) in [5.74, 6) is 0. The van der Waals surface area contributed by atoms with Crippen LogP contribution in [0.15, 0.2) is 6.07 Å². The standard InChI is InChI=1S/C12H18INOS/c1-12(2,15)7-14-9-4-3-5-10-8(9)6-11(13)16-10/h6,9,14-15H,3-5,7H2,1-2H3. The Morgan fingerprint density at radius 3 is 3.06 bits per heavy atom. The highest BCUT2D eigenvalue weighted by Crippen LogP contribution is 2.36. The first-order valence-electron chi connectivity index (χ1n) is 5.69. The number of fused-ring (bicyclic) bond motifs is 1. The molecule has 1 aromatic rings. The van der Waals surface area contributed by atoms with Crippen molar-refractivity contribution >= 4 is 33.9 Å². The van der Waals surface area contributed by atoms with Crippen molar-refractivity contribution in [1.82, 2.24) is 5.32 Å². The van der Waals surface area contributed by atoms with Crippen molar-refractivity contribution < 1.29 is 5.11 Å². The zero-order chi connectivity index (χ0) is 11.8. The summed E-state index contributed by atoms with van der Waals surface area (Å²) < 4.78 is 1.37. The first-order chi connectivity index (χ1) is 7.46. The summed E-state index contributed by atoms with van der Waals surface area (Å²) in [5.41, 5.74) is 0.839. The van der Waals surface area contributed by atoms with Crippen LogP contribution in [0.1, 0.15) is 43.2 Å². The van der Waals surface area contributed by atoms with Gasteiger partial charge < -0.3 is 10.4 Å². The van der Waals surface area contributed by atoms with Crippen molar-refractivity contribution in [3.63, 3.8) is 0 Å². The average molecular weight is 351 g/mol. The molecule has 0 aromatic carbocycles. The fraction of sp³-hybridized carbons (Fsp3) is 0.667. The highest BCUT2D eigenvalue weighted by molar-refractivity contribution is 14.1. The summed E-state index contributed by atoms with van der Waals surface area (Å²) in [5, 5.41) is 13.2. The number of aryl methyl sites for hydroxylation is 1. The highest BCUT2D eigenvalue weighted by atomic mass is 127. The largest absolute Gasteiger partial charge is 0.389 e. The number of rotatable bonds is 3. The third-order valence-corrected chi connectivity index (χ3v) is 4.84. The number of thiophene rings is 1. The van der Waals surface area contributed by atoms with Gasteiger partial charge in [0.15, 0.2) is 0 Å². The van der Waals surface area contributed by atoms with Crippen LogP contribution in [-0.2, 0) is 6.42 Å². The van der Waals surface area contributed by atoms with E-state index >= 15 is 0 Å². The zero-order valence-corrected chi connectivity index (χ0v) is 12.7. The molecule has 0 amide bonds. The molecule has 1 unspecified atom stereocenters. The van der Waals surface area contributed by atoms with Crippen molar-refractivity contribution in [3.05, 3.63) is 19.4 Å². The molecule has 1 atom stereocenters. The summed E-state index contributed by atoms with van der Waals surface area (Å²) in [7, 11) is 0. The van der Waals surface area contributed by atoms with Crippen LogP contribution in [0.5, 0.6) is 0 Å². The molecule has 4 heteroatoms. The van der Waals surface area contributed by atoms with Crippen LogP contribution in [0.3, 0.4) is 0 Å². The maximum absolute atomic E-state index is 9.74. The van der Waals surface area contributed by atoms with Gasteiger partial charge >= 0.3 is 0 Å². The van der Waals surface area contributed by atoms with Crippen molar-refractivity contribution in [1.29, 1.82) is 0 Å². The van der Waals surface area contributed by atoms with E-state index in [1.165, 1.54) is 32.6 Å². The van der Waals surface area contributed by atoms with Crippen molar-refractivity contribution in [2.24, 2.45) is 0 Å². The summed E-state index contributed by atoms with van der Waals surface area (Å²) in [6, 6.07) is 2.73. The molecule has 2 N–H and O–H groups in total. The molecule has 0 saturated carbocycles. The number of halogens is 1. The van der Waals surface area contributed by atoms with Crippen molar-refractivity contribution in [2.45, 2.75) is 44.8 Å². The number of aliphatic hydroxyl groups is 1. The minimum absolute atomic E-state index is 0.440. The molecule has 0 fully saturated rings. The summed E-state index contributed by atoms with van der Waals surface area (Å²) in [6.07, 6.45) is 3.67. The maximum Gasteiger partial charge on any atom is 0.0715 e. The number of hydrogen-bond acceptors (Lipinski definition) is 3. The third-order valence-electron chi connectivity index (χ3n) is 2.86. The fourth-order valence-corrected chi connectivity index (χ4v) is 4.23. The van der Waals surface area contributed by atoms with Crippen molar-refractivity contribution in [2.75, 3.05) is 6.54 Å². The number of hydrogen-bond donors (Lipinski definition) is 2. The van der Waals surface area contributed by atoms with Gasteiger partial charge in [-0.3, -0.25) is 0 Å². The summed E-state index contributed by atoms with van der Waals surface area (Å²) in [4.78, 5) is 1.53. The van der Waals surface area contributed by atoms with Crippen LogP contribution in [-0.4, -0.2) is 17.3 Å². The average Bonchev–Trinajstić information content (AvgIpc) is 2.54. The van der Waals surface area contributed by atoms with Crippen LogP contribution >= 0.6 is 33.9 Å². The Hall–Kier alpha value is 0.350. The summed E-state index contributed by atoms with van der Waals surface area (Å²) in [6.45, 7) is 4.35. The van der Waals surface area contributed by atoms with E-state index in [1.807, 2.05) is 25.2 Å². The highest BCUT2D eigenvalue weighted by Gasteiger charge is 2.24. The Bertz CT molecular complexity index is 370. The minimum Gasteiger partial charge on any atom is -0.389 e. The van der Waals surface area contributed by atoms with Gasteiger partial charge in [-0.25, -0.2) is 0 Å². The molecule has 0 spiro atoms. The molecule has 1 heterocycles. The monoisotopic (exact) mass is 351 g/mol. The van der Waals surface area contributed by atoms with Crippen LogP contribution in [0, 0.1) is 2.88 Å². The first-order valence-corrected chi connectivity index (χ1v) is 7.59. The molecule has 0 radical (unpaired) electrons. The molecule has 0 bridgehead atoms. The molecule has 0 aliphatic heterocycles. The lowest BCUT2D eigenvalue weighted by molar-refractivity contribution is 0.0756. The van der Waals surface area contributed by atoms with Gasteiger partial charge in [0.2, 0.25) is 0 Å². The normalized spacial score (nSPS) is 20.9. The Morgan fingerprint density at radius 1 is 1.62 bits per heavy atom. The Balaban J connectivity index is 2.07.